The van der Waals surface area contributed by atoms with Crippen LogP contribution in [0.2, 0.25) is 0 Å². The number of hydrogen-bond acceptors (Lipinski definition) is 2. The summed E-state index contributed by atoms with van der Waals surface area (Å²) in [7, 11) is 0. The molecule has 1 aliphatic heterocycles. The molecule has 1 fully saturated rings. The summed E-state index contributed by atoms with van der Waals surface area (Å²) in [6.07, 6.45) is 2.32. The van der Waals surface area contributed by atoms with Gasteiger partial charge in [0.15, 0.2) is 0 Å². The van der Waals surface area contributed by atoms with Crippen LogP contribution in [0.25, 0.3) is 0 Å². The molecule has 0 spiro atoms. The van der Waals surface area contributed by atoms with Gasteiger partial charge in [0.1, 0.15) is 0 Å². The number of hydrogen-bond donors (Lipinski definition) is 1. The predicted octanol–water partition coefficient (Wildman–Crippen LogP) is 2.99. The van der Waals surface area contributed by atoms with Crippen molar-refractivity contribution >= 4 is 11.6 Å². The van der Waals surface area contributed by atoms with Crippen molar-refractivity contribution in [3.63, 3.8) is 0 Å². The van der Waals surface area contributed by atoms with Gasteiger partial charge in [0.05, 0.1) is 0 Å². The van der Waals surface area contributed by atoms with Gasteiger partial charge >= 0.3 is 0 Å². The van der Waals surface area contributed by atoms with Crippen molar-refractivity contribution in [2.24, 2.45) is 5.92 Å². The zero-order chi connectivity index (χ0) is 13.0. The average Bonchev–Trinajstić information content (AvgIpc) is 2.88. The molecule has 0 aliphatic carbocycles. The quantitative estimate of drug-likeness (QED) is 0.885. The Morgan fingerprint density at radius 3 is 2.61 bits per heavy atom. The van der Waals surface area contributed by atoms with Crippen molar-refractivity contribution in [2.45, 2.75) is 26.7 Å². The predicted molar refractivity (Wildman–Crippen MR) is 74.9 cm³/mol. The molecule has 1 N–H and O–H groups in total. The fourth-order valence-corrected chi connectivity index (χ4v) is 2.47. The summed E-state index contributed by atoms with van der Waals surface area (Å²) in [5.74, 6) is 0.865. The molecule has 0 radical (unpaired) electrons. The summed E-state index contributed by atoms with van der Waals surface area (Å²) in [5, 5.41) is 3.23. The second-order valence-corrected chi connectivity index (χ2v) is 4.92. The third-order valence-corrected chi connectivity index (χ3v) is 3.66. The third kappa shape index (κ3) is 2.84. The molecule has 98 valence electrons. The van der Waals surface area contributed by atoms with Crippen LogP contribution in [0.4, 0.5) is 5.69 Å². The van der Waals surface area contributed by atoms with E-state index in [1.807, 2.05) is 29.2 Å². The molecule has 0 aromatic heterocycles. The van der Waals surface area contributed by atoms with E-state index in [0.29, 0.717) is 5.92 Å². The Kier molecular flexibility index (Phi) is 4.24. The zero-order valence-corrected chi connectivity index (χ0v) is 11.3. The van der Waals surface area contributed by atoms with E-state index in [9.17, 15) is 4.79 Å². The maximum absolute atomic E-state index is 12.3. The lowest BCUT2D eigenvalue weighted by atomic mass is 10.1. The number of carbonyl (C=O) groups excluding carboxylic acids is 1. The Hall–Kier alpha value is -1.51. The molecule has 1 aromatic carbocycles. The minimum absolute atomic E-state index is 0.175. The zero-order valence-electron chi connectivity index (χ0n) is 11.3. The van der Waals surface area contributed by atoms with Gasteiger partial charge in [0, 0.05) is 30.9 Å². The summed E-state index contributed by atoms with van der Waals surface area (Å²) in [6.45, 7) is 6.99. The van der Waals surface area contributed by atoms with Crippen LogP contribution in [-0.2, 0) is 0 Å². The first-order chi connectivity index (χ1) is 8.74. The Bertz CT molecular complexity index is 399. The lowest BCUT2D eigenvalue weighted by Gasteiger charge is -2.16. The maximum Gasteiger partial charge on any atom is 0.253 e. The van der Waals surface area contributed by atoms with Gasteiger partial charge in [-0.15, -0.1) is 0 Å². The highest BCUT2D eigenvalue weighted by Gasteiger charge is 2.25. The van der Waals surface area contributed by atoms with Crippen LogP contribution in [0.1, 0.15) is 37.0 Å². The molecule has 1 amide bonds. The van der Waals surface area contributed by atoms with Gasteiger partial charge in [-0.05, 0) is 43.5 Å². The van der Waals surface area contributed by atoms with Gasteiger partial charge < -0.3 is 10.2 Å². The Morgan fingerprint density at radius 2 is 2.06 bits per heavy atom. The fourth-order valence-electron chi connectivity index (χ4n) is 2.47. The molecule has 1 heterocycles. The van der Waals surface area contributed by atoms with Gasteiger partial charge in [0.25, 0.3) is 5.91 Å². The number of carbonyl (C=O) groups is 1. The number of benzene rings is 1. The molecular formula is C15H22N2O. The number of nitrogens with one attached hydrogen (secondary N) is 1. The minimum atomic E-state index is 0.175. The van der Waals surface area contributed by atoms with Gasteiger partial charge in [-0.25, -0.2) is 0 Å². The van der Waals surface area contributed by atoms with Crippen LogP contribution >= 0.6 is 0 Å². The number of nitrogens with zero attached hydrogens (tertiary/aromatic N) is 1. The molecule has 18 heavy (non-hydrogen) atoms. The highest BCUT2D eigenvalue weighted by Crippen LogP contribution is 2.21. The summed E-state index contributed by atoms with van der Waals surface area (Å²) in [6, 6.07) is 7.79. The third-order valence-electron chi connectivity index (χ3n) is 3.66. The van der Waals surface area contributed by atoms with E-state index in [2.05, 4.69) is 19.2 Å². The van der Waals surface area contributed by atoms with Crippen molar-refractivity contribution in [2.75, 3.05) is 25.0 Å². The van der Waals surface area contributed by atoms with E-state index in [4.69, 9.17) is 0 Å². The monoisotopic (exact) mass is 246 g/mol. The smallest absolute Gasteiger partial charge is 0.253 e. The Morgan fingerprint density at radius 1 is 1.33 bits per heavy atom. The first-order valence-electron chi connectivity index (χ1n) is 6.87. The van der Waals surface area contributed by atoms with Gasteiger partial charge in [-0.1, -0.05) is 13.3 Å². The number of likely N-dealkylation sites (tertiary alicyclic amines) is 1. The van der Waals surface area contributed by atoms with E-state index in [1.165, 1.54) is 6.42 Å². The second kappa shape index (κ2) is 5.89. The number of anilines is 1. The molecule has 0 saturated carbocycles. The maximum atomic E-state index is 12.3. The number of rotatable bonds is 4. The SMILES string of the molecule is CCNc1ccc(C(=O)N2CCC(CC)C2)cc1. The van der Waals surface area contributed by atoms with Crippen LogP contribution < -0.4 is 5.32 Å². The average molecular weight is 246 g/mol. The van der Waals surface area contributed by atoms with E-state index >= 15 is 0 Å². The van der Waals surface area contributed by atoms with Crippen molar-refractivity contribution in [1.82, 2.24) is 4.90 Å². The van der Waals surface area contributed by atoms with E-state index < -0.39 is 0 Å². The molecule has 1 saturated heterocycles. The summed E-state index contributed by atoms with van der Waals surface area (Å²) < 4.78 is 0. The van der Waals surface area contributed by atoms with Crippen LogP contribution in [0.3, 0.4) is 0 Å². The summed E-state index contributed by atoms with van der Waals surface area (Å²) in [5.41, 5.74) is 1.87. The second-order valence-electron chi connectivity index (χ2n) is 4.92. The highest BCUT2D eigenvalue weighted by molar-refractivity contribution is 5.94. The number of amides is 1. The van der Waals surface area contributed by atoms with Crippen molar-refractivity contribution in [3.8, 4) is 0 Å². The first-order valence-corrected chi connectivity index (χ1v) is 6.87. The Balaban J connectivity index is 2.00. The summed E-state index contributed by atoms with van der Waals surface area (Å²) in [4.78, 5) is 14.3. The molecule has 1 unspecified atom stereocenters. The molecular weight excluding hydrogens is 224 g/mol. The van der Waals surface area contributed by atoms with E-state index in [0.717, 1.165) is 37.3 Å². The molecule has 0 bridgehead atoms. The van der Waals surface area contributed by atoms with Crippen molar-refractivity contribution < 1.29 is 4.79 Å². The molecule has 3 nitrogen and oxygen atoms in total. The van der Waals surface area contributed by atoms with Crippen molar-refractivity contribution in [3.05, 3.63) is 29.8 Å². The summed E-state index contributed by atoms with van der Waals surface area (Å²) >= 11 is 0. The minimum Gasteiger partial charge on any atom is -0.385 e. The van der Waals surface area contributed by atoms with Crippen LogP contribution in [0, 0.1) is 5.92 Å². The molecule has 1 atom stereocenters. The molecule has 1 aromatic rings. The van der Waals surface area contributed by atoms with E-state index in [1.54, 1.807) is 0 Å². The van der Waals surface area contributed by atoms with Gasteiger partial charge in [0.2, 0.25) is 0 Å². The lowest BCUT2D eigenvalue weighted by Crippen LogP contribution is -2.28. The van der Waals surface area contributed by atoms with Crippen LogP contribution in [0.5, 0.6) is 0 Å². The normalized spacial score (nSPS) is 19.0. The fraction of sp³-hybridized carbons (Fsp3) is 0.533. The van der Waals surface area contributed by atoms with Crippen molar-refractivity contribution in [1.29, 1.82) is 0 Å². The first kappa shape index (κ1) is 12.9. The largest absolute Gasteiger partial charge is 0.385 e. The van der Waals surface area contributed by atoms with E-state index in [-0.39, 0.29) is 5.91 Å². The molecule has 3 heteroatoms. The lowest BCUT2D eigenvalue weighted by molar-refractivity contribution is 0.0787. The topological polar surface area (TPSA) is 32.3 Å². The standard InChI is InChI=1S/C15H22N2O/c1-3-12-9-10-17(11-12)15(18)13-5-7-14(8-6-13)16-4-2/h5-8,12,16H,3-4,9-11H2,1-2H3. The van der Waals surface area contributed by atoms with Gasteiger partial charge in [-0.2, -0.15) is 0 Å². The van der Waals surface area contributed by atoms with Gasteiger partial charge in [-0.3, -0.25) is 4.79 Å². The highest BCUT2D eigenvalue weighted by atomic mass is 16.2. The molecule has 1 aliphatic rings. The molecule has 2 rings (SSSR count). The van der Waals surface area contributed by atoms with Crippen LogP contribution in [-0.4, -0.2) is 30.4 Å². The van der Waals surface area contributed by atoms with Crippen LogP contribution in [0.15, 0.2) is 24.3 Å². The Labute approximate surface area is 109 Å².